The minimum atomic E-state index is 0.741. The standard InChI is InChI=1S/C18H29NO/c1-3-15-5-4-6-17(10-7-15)19-14-13-16-8-11-18(20-2)12-9-16/h8-9,11-12,15,17,19H,3-7,10,13-14H2,1-2H3. The van der Waals surface area contributed by atoms with Gasteiger partial charge in [-0.2, -0.15) is 0 Å². The fraction of sp³-hybridized carbons (Fsp3) is 0.667. The first-order valence-corrected chi connectivity index (χ1v) is 8.18. The molecule has 20 heavy (non-hydrogen) atoms. The van der Waals surface area contributed by atoms with E-state index in [-0.39, 0.29) is 0 Å². The van der Waals surface area contributed by atoms with Gasteiger partial charge < -0.3 is 10.1 Å². The van der Waals surface area contributed by atoms with Gasteiger partial charge in [-0.1, -0.05) is 38.3 Å². The second kappa shape index (κ2) is 8.31. The molecule has 1 aromatic rings. The smallest absolute Gasteiger partial charge is 0.118 e. The number of methoxy groups -OCH3 is 1. The van der Waals surface area contributed by atoms with Crippen LogP contribution in [-0.2, 0) is 6.42 Å². The van der Waals surface area contributed by atoms with E-state index in [1.807, 2.05) is 12.1 Å². The topological polar surface area (TPSA) is 21.3 Å². The van der Waals surface area contributed by atoms with Crippen molar-refractivity contribution < 1.29 is 4.74 Å². The predicted molar refractivity (Wildman–Crippen MR) is 85.4 cm³/mol. The van der Waals surface area contributed by atoms with Crippen LogP contribution < -0.4 is 10.1 Å². The zero-order valence-electron chi connectivity index (χ0n) is 13.0. The molecule has 2 unspecified atom stereocenters. The summed E-state index contributed by atoms with van der Waals surface area (Å²) in [4.78, 5) is 0. The van der Waals surface area contributed by atoms with Crippen molar-refractivity contribution in [3.8, 4) is 5.75 Å². The first kappa shape index (κ1) is 15.4. The molecule has 0 saturated heterocycles. The first-order valence-electron chi connectivity index (χ1n) is 8.18. The van der Waals surface area contributed by atoms with Gasteiger partial charge in [0.05, 0.1) is 7.11 Å². The van der Waals surface area contributed by atoms with E-state index in [1.54, 1.807) is 7.11 Å². The summed E-state index contributed by atoms with van der Waals surface area (Å²) in [7, 11) is 1.71. The Labute approximate surface area is 123 Å². The van der Waals surface area contributed by atoms with Crippen molar-refractivity contribution in [1.29, 1.82) is 0 Å². The highest BCUT2D eigenvalue weighted by molar-refractivity contribution is 5.27. The lowest BCUT2D eigenvalue weighted by atomic mass is 9.98. The maximum Gasteiger partial charge on any atom is 0.118 e. The van der Waals surface area contributed by atoms with Crippen LogP contribution in [0.15, 0.2) is 24.3 Å². The second-order valence-corrected chi connectivity index (χ2v) is 6.03. The number of rotatable bonds is 6. The average molecular weight is 275 g/mol. The van der Waals surface area contributed by atoms with E-state index in [0.29, 0.717) is 0 Å². The van der Waals surface area contributed by atoms with Crippen LogP contribution in [-0.4, -0.2) is 19.7 Å². The highest BCUT2D eigenvalue weighted by Crippen LogP contribution is 2.25. The molecular weight excluding hydrogens is 246 g/mol. The Morgan fingerprint density at radius 2 is 1.90 bits per heavy atom. The van der Waals surface area contributed by atoms with Gasteiger partial charge in [0.2, 0.25) is 0 Å². The van der Waals surface area contributed by atoms with E-state index < -0.39 is 0 Å². The zero-order chi connectivity index (χ0) is 14.2. The molecule has 0 amide bonds. The Morgan fingerprint density at radius 1 is 1.10 bits per heavy atom. The van der Waals surface area contributed by atoms with Gasteiger partial charge in [0.15, 0.2) is 0 Å². The maximum absolute atomic E-state index is 5.19. The summed E-state index contributed by atoms with van der Waals surface area (Å²) >= 11 is 0. The number of benzene rings is 1. The molecule has 0 aliphatic heterocycles. The quantitative estimate of drug-likeness (QED) is 0.786. The maximum atomic E-state index is 5.19. The first-order chi connectivity index (χ1) is 9.81. The third-order valence-corrected chi connectivity index (χ3v) is 4.67. The van der Waals surface area contributed by atoms with Crippen LogP contribution in [0.4, 0.5) is 0 Å². The van der Waals surface area contributed by atoms with E-state index in [0.717, 1.165) is 30.7 Å². The molecule has 2 atom stereocenters. The van der Waals surface area contributed by atoms with E-state index in [9.17, 15) is 0 Å². The molecule has 0 aromatic heterocycles. The lowest BCUT2D eigenvalue weighted by Gasteiger charge is -2.16. The molecule has 1 aromatic carbocycles. The van der Waals surface area contributed by atoms with E-state index in [4.69, 9.17) is 4.74 Å². The molecule has 2 heteroatoms. The zero-order valence-corrected chi connectivity index (χ0v) is 13.0. The van der Waals surface area contributed by atoms with Crippen molar-refractivity contribution in [3.05, 3.63) is 29.8 Å². The van der Waals surface area contributed by atoms with Gasteiger partial charge in [-0.15, -0.1) is 0 Å². The number of nitrogens with one attached hydrogen (secondary N) is 1. The van der Waals surface area contributed by atoms with Crippen molar-refractivity contribution in [2.75, 3.05) is 13.7 Å². The lowest BCUT2D eigenvalue weighted by molar-refractivity contribution is 0.414. The predicted octanol–water partition coefficient (Wildman–Crippen LogP) is 4.19. The van der Waals surface area contributed by atoms with Crippen molar-refractivity contribution in [1.82, 2.24) is 5.32 Å². The van der Waals surface area contributed by atoms with Gasteiger partial charge in [0, 0.05) is 6.04 Å². The van der Waals surface area contributed by atoms with Crippen molar-refractivity contribution in [3.63, 3.8) is 0 Å². The summed E-state index contributed by atoms with van der Waals surface area (Å²) < 4.78 is 5.19. The number of hydrogen-bond donors (Lipinski definition) is 1. The molecular formula is C18H29NO. The van der Waals surface area contributed by atoms with Gasteiger partial charge in [-0.05, 0) is 55.8 Å². The molecule has 0 radical (unpaired) electrons. The van der Waals surface area contributed by atoms with Gasteiger partial charge >= 0.3 is 0 Å². The second-order valence-electron chi connectivity index (χ2n) is 6.03. The average Bonchev–Trinajstić information content (AvgIpc) is 2.73. The van der Waals surface area contributed by atoms with Crippen LogP contribution in [0.1, 0.15) is 51.0 Å². The van der Waals surface area contributed by atoms with Crippen LogP contribution in [0, 0.1) is 5.92 Å². The Balaban J connectivity index is 1.69. The molecule has 0 spiro atoms. The molecule has 2 rings (SSSR count). The molecule has 112 valence electrons. The van der Waals surface area contributed by atoms with Crippen molar-refractivity contribution in [2.24, 2.45) is 5.92 Å². The SMILES string of the molecule is CCC1CCCC(NCCc2ccc(OC)cc2)CC1. The monoisotopic (exact) mass is 275 g/mol. The van der Waals surface area contributed by atoms with E-state index in [1.165, 1.54) is 44.1 Å². The van der Waals surface area contributed by atoms with Crippen LogP contribution in [0.5, 0.6) is 5.75 Å². The third-order valence-electron chi connectivity index (χ3n) is 4.67. The molecule has 1 N–H and O–H groups in total. The van der Waals surface area contributed by atoms with Crippen LogP contribution in [0.2, 0.25) is 0 Å². The minimum absolute atomic E-state index is 0.741. The molecule has 1 aliphatic carbocycles. The third kappa shape index (κ3) is 4.82. The van der Waals surface area contributed by atoms with Crippen LogP contribution >= 0.6 is 0 Å². The van der Waals surface area contributed by atoms with E-state index in [2.05, 4.69) is 24.4 Å². The van der Waals surface area contributed by atoms with Gasteiger partial charge in [-0.25, -0.2) is 0 Å². The highest BCUT2D eigenvalue weighted by Gasteiger charge is 2.16. The summed E-state index contributed by atoms with van der Waals surface area (Å²) in [5, 5.41) is 3.75. The Morgan fingerprint density at radius 3 is 2.60 bits per heavy atom. The summed E-state index contributed by atoms with van der Waals surface area (Å²) in [6.07, 6.45) is 9.44. The molecule has 1 fully saturated rings. The summed E-state index contributed by atoms with van der Waals surface area (Å²) in [6, 6.07) is 9.17. The Hall–Kier alpha value is -1.02. The minimum Gasteiger partial charge on any atom is -0.497 e. The fourth-order valence-electron chi connectivity index (χ4n) is 3.20. The van der Waals surface area contributed by atoms with Crippen molar-refractivity contribution >= 4 is 0 Å². The highest BCUT2D eigenvalue weighted by atomic mass is 16.5. The molecule has 0 bridgehead atoms. The van der Waals surface area contributed by atoms with E-state index >= 15 is 0 Å². The van der Waals surface area contributed by atoms with Crippen molar-refractivity contribution in [2.45, 2.75) is 57.9 Å². The normalized spacial score (nSPS) is 23.3. The van der Waals surface area contributed by atoms with Crippen LogP contribution in [0.25, 0.3) is 0 Å². The Bertz CT molecular complexity index is 374. The van der Waals surface area contributed by atoms with Gasteiger partial charge in [0.1, 0.15) is 5.75 Å². The summed E-state index contributed by atoms with van der Waals surface area (Å²) in [5.74, 6) is 1.92. The summed E-state index contributed by atoms with van der Waals surface area (Å²) in [5.41, 5.74) is 1.39. The molecule has 1 saturated carbocycles. The van der Waals surface area contributed by atoms with Gasteiger partial charge in [0.25, 0.3) is 0 Å². The summed E-state index contributed by atoms with van der Waals surface area (Å²) in [6.45, 7) is 3.43. The van der Waals surface area contributed by atoms with Crippen LogP contribution in [0.3, 0.4) is 0 Å². The molecule has 1 aliphatic rings. The fourth-order valence-corrected chi connectivity index (χ4v) is 3.20. The largest absolute Gasteiger partial charge is 0.497 e. The lowest BCUT2D eigenvalue weighted by Crippen LogP contribution is -2.30. The number of hydrogen-bond acceptors (Lipinski definition) is 2. The number of ether oxygens (including phenoxy) is 1. The molecule has 2 nitrogen and oxygen atoms in total. The molecule has 0 heterocycles. The Kier molecular flexibility index (Phi) is 6.38. The van der Waals surface area contributed by atoms with Gasteiger partial charge in [-0.3, -0.25) is 0 Å².